The van der Waals surface area contributed by atoms with Crippen LogP contribution in [0.2, 0.25) is 0 Å². The number of hydrogen-bond acceptors (Lipinski definition) is 3. The monoisotopic (exact) mass is 282 g/mol. The summed E-state index contributed by atoms with van der Waals surface area (Å²) >= 11 is 0. The van der Waals surface area contributed by atoms with E-state index in [0.29, 0.717) is 12.0 Å². The van der Waals surface area contributed by atoms with E-state index in [2.05, 4.69) is 0 Å². The number of ether oxygens (including phenoxy) is 2. The van der Waals surface area contributed by atoms with Crippen LogP contribution in [0.15, 0.2) is 60.2 Å². The molecule has 0 unspecified atom stereocenters. The average Bonchev–Trinajstić information content (AvgIpc) is 2.55. The number of carbonyl (C=O) groups excluding carboxylic acids is 1. The Morgan fingerprint density at radius 3 is 2.24 bits per heavy atom. The lowest BCUT2D eigenvalue weighted by Crippen LogP contribution is -2.07. The summed E-state index contributed by atoms with van der Waals surface area (Å²) in [4.78, 5) is 11.9. The topological polar surface area (TPSA) is 35.5 Å². The Balaban J connectivity index is 2.26. The maximum atomic E-state index is 11.9. The van der Waals surface area contributed by atoms with Crippen LogP contribution in [-0.4, -0.2) is 20.2 Å². The van der Waals surface area contributed by atoms with Gasteiger partial charge in [-0.2, -0.15) is 0 Å². The highest BCUT2D eigenvalue weighted by Gasteiger charge is 2.10. The second-order valence-electron chi connectivity index (χ2n) is 4.60. The molecule has 2 rings (SSSR count). The summed E-state index contributed by atoms with van der Waals surface area (Å²) in [6.45, 7) is 0. The van der Waals surface area contributed by atoms with Crippen molar-refractivity contribution in [2.45, 2.75) is 6.42 Å². The van der Waals surface area contributed by atoms with Crippen molar-refractivity contribution in [1.29, 1.82) is 0 Å². The Labute approximate surface area is 124 Å². The summed E-state index contributed by atoms with van der Waals surface area (Å²) < 4.78 is 10.00. The normalized spacial score (nSPS) is 11.0. The Bertz CT molecular complexity index is 613. The molecule has 21 heavy (non-hydrogen) atoms. The second-order valence-corrected chi connectivity index (χ2v) is 4.60. The van der Waals surface area contributed by atoms with Gasteiger partial charge in [0.15, 0.2) is 0 Å². The van der Waals surface area contributed by atoms with E-state index in [0.717, 1.165) is 16.9 Å². The third kappa shape index (κ3) is 4.21. The molecule has 2 aromatic rings. The molecule has 0 bridgehead atoms. The van der Waals surface area contributed by atoms with Gasteiger partial charge in [-0.25, -0.2) is 4.79 Å². The standard InChI is InChI=1S/C18H18O3/c1-20-17-10-8-15(9-11-17)13-16(18(19)21-2)12-14-6-4-3-5-7-14/h3-11,13H,12H2,1-2H3/b16-13-. The van der Waals surface area contributed by atoms with Crippen molar-refractivity contribution in [3.05, 3.63) is 71.3 Å². The van der Waals surface area contributed by atoms with E-state index in [-0.39, 0.29) is 5.97 Å². The molecule has 0 N–H and O–H groups in total. The van der Waals surface area contributed by atoms with Gasteiger partial charge in [0.2, 0.25) is 0 Å². The van der Waals surface area contributed by atoms with E-state index in [1.165, 1.54) is 7.11 Å². The zero-order valence-electron chi connectivity index (χ0n) is 12.2. The van der Waals surface area contributed by atoms with Crippen molar-refractivity contribution in [1.82, 2.24) is 0 Å². The summed E-state index contributed by atoms with van der Waals surface area (Å²) in [7, 11) is 3.02. The lowest BCUT2D eigenvalue weighted by Gasteiger charge is -2.06. The molecule has 0 saturated carbocycles. The van der Waals surface area contributed by atoms with Crippen LogP contribution >= 0.6 is 0 Å². The highest BCUT2D eigenvalue weighted by molar-refractivity contribution is 5.94. The van der Waals surface area contributed by atoms with Crippen molar-refractivity contribution >= 4 is 12.0 Å². The molecule has 2 aromatic carbocycles. The van der Waals surface area contributed by atoms with Crippen LogP contribution in [0.25, 0.3) is 6.08 Å². The van der Waals surface area contributed by atoms with Crippen molar-refractivity contribution in [2.75, 3.05) is 14.2 Å². The van der Waals surface area contributed by atoms with Gasteiger partial charge < -0.3 is 9.47 Å². The van der Waals surface area contributed by atoms with Crippen LogP contribution in [0.1, 0.15) is 11.1 Å². The fourth-order valence-electron chi connectivity index (χ4n) is 2.03. The smallest absolute Gasteiger partial charge is 0.334 e. The molecule has 0 aromatic heterocycles. The Morgan fingerprint density at radius 1 is 1.00 bits per heavy atom. The van der Waals surface area contributed by atoms with Crippen LogP contribution in [0.5, 0.6) is 5.75 Å². The van der Waals surface area contributed by atoms with Crippen LogP contribution in [-0.2, 0) is 16.0 Å². The van der Waals surface area contributed by atoms with E-state index in [4.69, 9.17) is 9.47 Å². The maximum Gasteiger partial charge on any atom is 0.334 e. The highest BCUT2D eigenvalue weighted by Crippen LogP contribution is 2.17. The summed E-state index contributed by atoms with van der Waals surface area (Å²) in [5.74, 6) is 0.476. The van der Waals surface area contributed by atoms with E-state index in [1.807, 2.05) is 60.7 Å². The number of esters is 1. The summed E-state index contributed by atoms with van der Waals surface area (Å²) in [5.41, 5.74) is 2.63. The predicted molar refractivity (Wildman–Crippen MR) is 83.1 cm³/mol. The fourth-order valence-corrected chi connectivity index (χ4v) is 2.03. The first-order chi connectivity index (χ1) is 10.2. The third-order valence-electron chi connectivity index (χ3n) is 3.14. The molecular weight excluding hydrogens is 264 g/mol. The summed E-state index contributed by atoms with van der Waals surface area (Å²) in [6, 6.07) is 17.4. The van der Waals surface area contributed by atoms with Crippen molar-refractivity contribution in [3.63, 3.8) is 0 Å². The zero-order chi connectivity index (χ0) is 15.1. The van der Waals surface area contributed by atoms with E-state index >= 15 is 0 Å². The molecule has 0 saturated heterocycles. The minimum Gasteiger partial charge on any atom is -0.497 e. The van der Waals surface area contributed by atoms with Crippen LogP contribution in [0.3, 0.4) is 0 Å². The molecular formula is C18H18O3. The van der Waals surface area contributed by atoms with Gasteiger partial charge in [0.1, 0.15) is 5.75 Å². The third-order valence-corrected chi connectivity index (χ3v) is 3.14. The van der Waals surface area contributed by atoms with Crippen LogP contribution in [0.4, 0.5) is 0 Å². The largest absolute Gasteiger partial charge is 0.497 e. The molecule has 0 aliphatic heterocycles. The molecule has 3 nitrogen and oxygen atoms in total. The second kappa shape index (κ2) is 7.29. The SMILES string of the molecule is COC(=O)/C(=C\c1ccc(OC)cc1)Cc1ccccc1. The molecule has 108 valence electrons. The minimum atomic E-state index is -0.310. The molecule has 0 radical (unpaired) electrons. The Morgan fingerprint density at radius 2 is 1.67 bits per heavy atom. The van der Waals surface area contributed by atoms with Crippen molar-refractivity contribution < 1.29 is 14.3 Å². The highest BCUT2D eigenvalue weighted by atomic mass is 16.5. The van der Waals surface area contributed by atoms with Gasteiger partial charge in [-0.3, -0.25) is 0 Å². The first-order valence-electron chi connectivity index (χ1n) is 6.70. The summed E-state index contributed by atoms with van der Waals surface area (Å²) in [6.07, 6.45) is 2.39. The van der Waals surface area contributed by atoms with Gasteiger partial charge in [0, 0.05) is 12.0 Å². The minimum absolute atomic E-state index is 0.310. The van der Waals surface area contributed by atoms with E-state index < -0.39 is 0 Å². The predicted octanol–water partition coefficient (Wildman–Crippen LogP) is 3.49. The molecule has 0 heterocycles. The van der Waals surface area contributed by atoms with Gasteiger partial charge in [0.25, 0.3) is 0 Å². The Hall–Kier alpha value is -2.55. The number of benzene rings is 2. The number of rotatable bonds is 5. The van der Waals surface area contributed by atoms with Crippen LogP contribution in [0, 0.1) is 0 Å². The maximum absolute atomic E-state index is 11.9. The molecule has 0 fully saturated rings. The average molecular weight is 282 g/mol. The van der Waals surface area contributed by atoms with Gasteiger partial charge >= 0.3 is 5.97 Å². The number of methoxy groups -OCH3 is 2. The van der Waals surface area contributed by atoms with Gasteiger partial charge in [-0.15, -0.1) is 0 Å². The molecule has 0 atom stereocenters. The van der Waals surface area contributed by atoms with Gasteiger partial charge in [-0.05, 0) is 29.3 Å². The fraction of sp³-hybridized carbons (Fsp3) is 0.167. The lowest BCUT2D eigenvalue weighted by atomic mass is 10.0. The van der Waals surface area contributed by atoms with E-state index in [1.54, 1.807) is 7.11 Å². The molecule has 0 aliphatic rings. The quantitative estimate of drug-likeness (QED) is 0.622. The van der Waals surface area contributed by atoms with Crippen LogP contribution < -0.4 is 4.74 Å². The van der Waals surface area contributed by atoms with E-state index in [9.17, 15) is 4.79 Å². The lowest BCUT2D eigenvalue weighted by molar-refractivity contribution is -0.136. The van der Waals surface area contributed by atoms with Crippen molar-refractivity contribution in [2.24, 2.45) is 0 Å². The molecule has 0 aliphatic carbocycles. The van der Waals surface area contributed by atoms with Crippen molar-refractivity contribution in [3.8, 4) is 5.75 Å². The molecule has 3 heteroatoms. The van der Waals surface area contributed by atoms with Gasteiger partial charge in [-0.1, -0.05) is 42.5 Å². The molecule has 0 spiro atoms. The number of carbonyl (C=O) groups is 1. The molecule has 0 amide bonds. The Kier molecular flexibility index (Phi) is 5.16. The number of hydrogen-bond donors (Lipinski definition) is 0. The first-order valence-corrected chi connectivity index (χ1v) is 6.70. The summed E-state index contributed by atoms with van der Waals surface area (Å²) in [5, 5.41) is 0. The first kappa shape index (κ1) is 14.9. The zero-order valence-corrected chi connectivity index (χ0v) is 12.2. The van der Waals surface area contributed by atoms with Gasteiger partial charge in [0.05, 0.1) is 14.2 Å².